The van der Waals surface area contributed by atoms with Crippen molar-refractivity contribution in [2.45, 2.75) is 0 Å². The van der Waals surface area contributed by atoms with E-state index in [0.29, 0.717) is 13.1 Å². The molecule has 1 aliphatic heterocycles. The van der Waals surface area contributed by atoms with Gasteiger partial charge in [0.05, 0.1) is 23.4 Å². The predicted octanol–water partition coefficient (Wildman–Crippen LogP) is 1.82. The Balaban J connectivity index is 1.67. The lowest BCUT2D eigenvalue weighted by Crippen LogP contribution is -2.40. The summed E-state index contributed by atoms with van der Waals surface area (Å²) in [5.41, 5.74) is 10.4. The minimum atomic E-state index is -2.87. The number of aromatic nitrogens is 2. The first kappa shape index (κ1) is 15.0. The number of pyridine rings is 1. The third-order valence-corrected chi connectivity index (χ3v) is 6.02. The summed E-state index contributed by atoms with van der Waals surface area (Å²) in [4.78, 5) is 6.58. The van der Waals surface area contributed by atoms with Crippen LogP contribution in [0, 0.1) is 0 Å². The van der Waals surface area contributed by atoms with E-state index in [1.165, 1.54) is 0 Å². The van der Waals surface area contributed by atoms with Crippen molar-refractivity contribution in [3.63, 3.8) is 0 Å². The van der Waals surface area contributed by atoms with Crippen LogP contribution in [0.5, 0.6) is 0 Å². The second-order valence-electron chi connectivity index (χ2n) is 6.02. The van der Waals surface area contributed by atoms with Gasteiger partial charge in [0, 0.05) is 42.3 Å². The van der Waals surface area contributed by atoms with Gasteiger partial charge in [-0.25, -0.2) is 13.4 Å². The van der Waals surface area contributed by atoms with Crippen LogP contribution in [0.2, 0.25) is 0 Å². The molecule has 1 saturated heterocycles. The molecule has 0 spiro atoms. The van der Waals surface area contributed by atoms with E-state index in [-0.39, 0.29) is 11.5 Å². The maximum Gasteiger partial charge on any atom is 0.153 e. The monoisotopic (exact) mass is 342 g/mol. The van der Waals surface area contributed by atoms with Gasteiger partial charge in [0.2, 0.25) is 0 Å². The van der Waals surface area contributed by atoms with E-state index >= 15 is 0 Å². The predicted molar refractivity (Wildman–Crippen MR) is 95.9 cm³/mol. The molecule has 0 amide bonds. The molecule has 6 nitrogen and oxygen atoms in total. The molecule has 4 rings (SSSR count). The van der Waals surface area contributed by atoms with Crippen LogP contribution in [0.4, 0.5) is 11.4 Å². The van der Waals surface area contributed by atoms with Crippen molar-refractivity contribution in [1.29, 1.82) is 0 Å². The Kier molecular flexibility index (Phi) is 3.45. The first-order valence-corrected chi connectivity index (χ1v) is 9.62. The van der Waals surface area contributed by atoms with Crippen LogP contribution >= 0.6 is 0 Å². The number of benzene rings is 1. The molecule has 3 heterocycles. The zero-order chi connectivity index (χ0) is 16.7. The van der Waals surface area contributed by atoms with Crippen molar-refractivity contribution in [3.8, 4) is 11.3 Å². The van der Waals surface area contributed by atoms with Crippen LogP contribution < -0.4 is 10.6 Å². The van der Waals surface area contributed by atoms with Crippen molar-refractivity contribution in [2.75, 3.05) is 35.2 Å². The molecule has 0 aliphatic carbocycles. The Morgan fingerprint density at radius 2 is 1.75 bits per heavy atom. The zero-order valence-corrected chi connectivity index (χ0v) is 13.9. The number of rotatable bonds is 2. The SMILES string of the molecule is Nc1ccc(-c2cnc3cc(N4CCS(=O)(=O)CC4)ccn23)cc1. The Hall–Kier alpha value is -2.54. The molecule has 0 atom stereocenters. The van der Waals surface area contributed by atoms with Crippen molar-refractivity contribution in [3.05, 3.63) is 48.8 Å². The second kappa shape index (κ2) is 5.52. The van der Waals surface area contributed by atoms with E-state index < -0.39 is 9.84 Å². The summed E-state index contributed by atoms with van der Waals surface area (Å²) in [6.45, 7) is 1.06. The number of imidazole rings is 1. The first-order valence-electron chi connectivity index (χ1n) is 7.80. The molecule has 1 aromatic carbocycles. The minimum absolute atomic E-state index is 0.212. The quantitative estimate of drug-likeness (QED) is 0.719. The van der Waals surface area contributed by atoms with Crippen LogP contribution in [-0.2, 0) is 9.84 Å². The summed E-state index contributed by atoms with van der Waals surface area (Å²) in [7, 11) is -2.87. The summed E-state index contributed by atoms with van der Waals surface area (Å²) in [5.74, 6) is 0.423. The largest absolute Gasteiger partial charge is 0.399 e. The first-order chi connectivity index (χ1) is 11.5. The lowest BCUT2D eigenvalue weighted by atomic mass is 10.1. The number of nitrogens with two attached hydrogens (primary N) is 1. The number of anilines is 2. The fourth-order valence-corrected chi connectivity index (χ4v) is 4.21. The van der Waals surface area contributed by atoms with E-state index in [1.54, 1.807) is 0 Å². The maximum absolute atomic E-state index is 11.6. The number of hydrogen-bond donors (Lipinski definition) is 1. The van der Waals surface area contributed by atoms with Gasteiger partial charge in [-0.3, -0.25) is 4.40 Å². The van der Waals surface area contributed by atoms with Gasteiger partial charge in [0.25, 0.3) is 0 Å². The van der Waals surface area contributed by atoms with E-state index in [1.807, 2.05) is 53.2 Å². The summed E-state index contributed by atoms with van der Waals surface area (Å²) in [6, 6.07) is 11.7. The second-order valence-corrected chi connectivity index (χ2v) is 8.32. The van der Waals surface area contributed by atoms with E-state index in [4.69, 9.17) is 5.73 Å². The van der Waals surface area contributed by atoms with Crippen molar-refractivity contribution in [1.82, 2.24) is 9.38 Å². The summed E-state index contributed by atoms with van der Waals surface area (Å²) < 4.78 is 25.2. The highest BCUT2D eigenvalue weighted by molar-refractivity contribution is 7.91. The highest BCUT2D eigenvalue weighted by Crippen LogP contribution is 2.25. The molecule has 0 bridgehead atoms. The number of nitrogens with zero attached hydrogens (tertiary/aromatic N) is 3. The van der Waals surface area contributed by atoms with Gasteiger partial charge in [-0.15, -0.1) is 0 Å². The fourth-order valence-electron chi connectivity index (χ4n) is 3.00. The molecule has 0 saturated carbocycles. The number of sulfone groups is 1. The standard InChI is InChI=1S/C17H18N4O2S/c18-14-3-1-13(2-4-14)16-12-19-17-11-15(5-6-21(16)17)20-7-9-24(22,23)10-8-20/h1-6,11-12H,7-10,18H2. The molecule has 124 valence electrons. The highest BCUT2D eigenvalue weighted by atomic mass is 32.2. The summed E-state index contributed by atoms with van der Waals surface area (Å²) >= 11 is 0. The molecule has 2 aromatic heterocycles. The van der Waals surface area contributed by atoms with Crippen molar-refractivity contribution < 1.29 is 8.42 Å². The Morgan fingerprint density at radius 3 is 2.46 bits per heavy atom. The molecule has 0 radical (unpaired) electrons. The summed E-state index contributed by atoms with van der Waals surface area (Å²) in [5, 5.41) is 0. The average Bonchev–Trinajstić information content (AvgIpc) is 2.99. The van der Waals surface area contributed by atoms with Gasteiger partial charge in [0.1, 0.15) is 5.65 Å². The molecular formula is C17H18N4O2S. The molecular weight excluding hydrogens is 324 g/mol. The topological polar surface area (TPSA) is 80.7 Å². The van der Waals surface area contributed by atoms with Crippen LogP contribution in [0.1, 0.15) is 0 Å². The van der Waals surface area contributed by atoms with E-state index in [0.717, 1.165) is 28.3 Å². The molecule has 1 fully saturated rings. The molecule has 24 heavy (non-hydrogen) atoms. The van der Waals surface area contributed by atoms with Crippen LogP contribution in [-0.4, -0.2) is 42.4 Å². The fraction of sp³-hybridized carbons (Fsp3) is 0.235. The van der Waals surface area contributed by atoms with Crippen LogP contribution in [0.3, 0.4) is 0 Å². The molecule has 1 aliphatic rings. The number of fused-ring (bicyclic) bond motifs is 1. The number of hydrogen-bond acceptors (Lipinski definition) is 5. The Bertz CT molecular complexity index is 979. The van der Waals surface area contributed by atoms with Gasteiger partial charge < -0.3 is 10.6 Å². The van der Waals surface area contributed by atoms with Gasteiger partial charge >= 0.3 is 0 Å². The van der Waals surface area contributed by atoms with E-state index in [9.17, 15) is 8.42 Å². The van der Waals surface area contributed by atoms with Crippen molar-refractivity contribution in [2.24, 2.45) is 0 Å². The third kappa shape index (κ3) is 2.71. The maximum atomic E-state index is 11.6. The number of nitrogen functional groups attached to an aromatic ring is 1. The average molecular weight is 342 g/mol. The Morgan fingerprint density at radius 1 is 1.04 bits per heavy atom. The smallest absolute Gasteiger partial charge is 0.153 e. The Labute approximate surface area is 140 Å². The van der Waals surface area contributed by atoms with Gasteiger partial charge in [-0.2, -0.15) is 0 Å². The third-order valence-electron chi connectivity index (χ3n) is 4.41. The lowest BCUT2D eigenvalue weighted by molar-refractivity contribution is 0.587. The lowest BCUT2D eigenvalue weighted by Gasteiger charge is -2.28. The van der Waals surface area contributed by atoms with Gasteiger partial charge in [-0.1, -0.05) is 12.1 Å². The molecule has 7 heteroatoms. The van der Waals surface area contributed by atoms with Gasteiger partial charge in [0.15, 0.2) is 9.84 Å². The molecule has 3 aromatic rings. The zero-order valence-electron chi connectivity index (χ0n) is 13.1. The normalized spacial score (nSPS) is 17.2. The summed E-state index contributed by atoms with van der Waals surface area (Å²) in [6.07, 6.45) is 3.82. The van der Waals surface area contributed by atoms with Gasteiger partial charge in [-0.05, 0) is 18.2 Å². The van der Waals surface area contributed by atoms with Crippen molar-refractivity contribution >= 4 is 26.9 Å². The molecule has 2 N–H and O–H groups in total. The van der Waals surface area contributed by atoms with Crippen LogP contribution in [0.15, 0.2) is 48.8 Å². The minimum Gasteiger partial charge on any atom is -0.399 e. The highest BCUT2D eigenvalue weighted by Gasteiger charge is 2.22. The van der Waals surface area contributed by atoms with Crippen LogP contribution in [0.25, 0.3) is 16.9 Å². The van der Waals surface area contributed by atoms with E-state index in [2.05, 4.69) is 9.88 Å². The molecule has 0 unspecified atom stereocenters.